The van der Waals surface area contributed by atoms with Crippen molar-refractivity contribution in [2.45, 2.75) is 18.6 Å². The monoisotopic (exact) mass is 318 g/mol. The number of rotatable bonds is 6. The number of carboxylic acids is 1. The largest absolute Gasteiger partial charge is 0.496 e. The van der Waals surface area contributed by atoms with Gasteiger partial charge >= 0.3 is 5.97 Å². The predicted octanol–water partition coefficient (Wildman–Crippen LogP) is 1.57. The summed E-state index contributed by atoms with van der Waals surface area (Å²) in [6, 6.07) is 4.31. The van der Waals surface area contributed by atoms with Gasteiger partial charge in [0.05, 0.1) is 13.2 Å². The van der Waals surface area contributed by atoms with Crippen LogP contribution in [0.5, 0.6) is 5.75 Å². The van der Waals surface area contributed by atoms with Crippen LogP contribution < -0.4 is 4.74 Å². The first kappa shape index (κ1) is 14.9. The van der Waals surface area contributed by atoms with Crippen molar-refractivity contribution in [3.05, 3.63) is 29.3 Å². The number of halogens is 1. The van der Waals surface area contributed by atoms with Crippen molar-refractivity contribution in [1.29, 1.82) is 0 Å². The fraction of sp³-hybridized carbons (Fsp3) is 0.417. The number of hydrogen-bond donors (Lipinski definition) is 3. The molecule has 1 rings (SSSR count). The van der Waals surface area contributed by atoms with E-state index in [-0.39, 0.29) is 11.3 Å². The van der Waals surface area contributed by atoms with E-state index < -0.39 is 18.2 Å². The number of aliphatic hydroxyl groups is 2. The van der Waals surface area contributed by atoms with Crippen molar-refractivity contribution in [3.63, 3.8) is 0 Å². The first-order chi connectivity index (χ1) is 8.51. The van der Waals surface area contributed by atoms with Gasteiger partial charge in [-0.05, 0) is 24.1 Å². The average molecular weight is 319 g/mol. The second-order valence-electron chi connectivity index (χ2n) is 3.75. The van der Waals surface area contributed by atoms with Crippen molar-refractivity contribution < 1.29 is 24.9 Å². The first-order valence-corrected chi connectivity index (χ1v) is 6.46. The Kier molecular flexibility index (Phi) is 5.58. The molecule has 0 saturated heterocycles. The lowest BCUT2D eigenvalue weighted by molar-refractivity contribution is 0.0172. The number of benzene rings is 1. The second-order valence-corrected chi connectivity index (χ2v) is 4.55. The van der Waals surface area contributed by atoms with Gasteiger partial charge in [-0.15, -0.1) is 0 Å². The highest BCUT2D eigenvalue weighted by atomic mass is 79.9. The lowest BCUT2D eigenvalue weighted by Crippen LogP contribution is -2.19. The molecule has 18 heavy (non-hydrogen) atoms. The fourth-order valence-electron chi connectivity index (χ4n) is 1.57. The smallest absolute Gasteiger partial charge is 0.339 e. The minimum atomic E-state index is -1.14. The summed E-state index contributed by atoms with van der Waals surface area (Å²) >= 11 is 3.17. The Bertz CT molecular complexity index is 421. The number of carbonyl (C=O) groups is 1. The lowest BCUT2D eigenvalue weighted by atomic mass is 10.00. The highest BCUT2D eigenvalue weighted by Gasteiger charge is 2.20. The molecule has 3 N–H and O–H groups in total. The average Bonchev–Trinajstić information content (AvgIpc) is 2.37. The number of methoxy groups -OCH3 is 1. The summed E-state index contributed by atoms with van der Waals surface area (Å²) in [4.78, 5) is 11.0. The number of aromatic carboxylic acids is 1. The number of hydrogen-bond acceptors (Lipinski definition) is 4. The molecule has 5 nitrogen and oxygen atoms in total. The van der Waals surface area contributed by atoms with E-state index in [0.29, 0.717) is 17.3 Å². The highest BCUT2D eigenvalue weighted by molar-refractivity contribution is 9.09. The molecule has 0 aromatic heterocycles. The first-order valence-electron chi connectivity index (χ1n) is 5.34. The topological polar surface area (TPSA) is 87.0 Å². The molecule has 0 aliphatic carbocycles. The molecule has 100 valence electrons. The van der Waals surface area contributed by atoms with E-state index in [0.717, 1.165) is 0 Å². The molecule has 0 fully saturated rings. The van der Waals surface area contributed by atoms with Gasteiger partial charge in [0.1, 0.15) is 17.4 Å². The number of carboxylic acid groups (broad SMARTS) is 1. The van der Waals surface area contributed by atoms with Crippen LogP contribution in [0, 0.1) is 0 Å². The van der Waals surface area contributed by atoms with Crippen LogP contribution in [-0.4, -0.2) is 39.8 Å². The summed E-state index contributed by atoms with van der Waals surface area (Å²) in [6.07, 6.45) is -1.69. The van der Waals surface area contributed by atoms with Crippen LogP contribution in [0.4, 0.5) is 0 Å². The molecule has 0 aliphatic heterocycles. The van der Waals surface area contributed by atoms with E-state index in [1.54, 1.807) is 0 Å². The van der Waals surface area contributed by atoms with Gasteiger partial charge < -0.3 is 20.1 Å². The summed E-state index contributed by atoms with van der Waals surface area (Å²) in [5.74, 6) is -0.927. The Hall–Kier alpha value is -1.11. The molecule has 0 heterocycles. The Morgan fingerprint density at radius 2 is 2.11 bits per heavy atom. The van der Waals surface area contributed by atoms with Crippen molar-refractivity contribution in [3.8, 4) is 5.75 Å². The molecule has 0 bridgehead atoms. The zero-order valence-corrected chi connectivity index (χ0v) is 11.4. The molecule has 2 atom stereocenters. The summed E-state index contributed by atoms with van der Waals surface area (Å²) in [5.41, 5.74) is 0.307. The highest BCUT2D eigenvalue weighted by Crippen LogP contribution is 2.26. The minimum Gasteiger partial charge on any atom is -0.496 e. The minimum absolute atomic E-state index is 0.0416. The SMILES string of the molecule is COc1ccc(C(O)C(O)CCBr)cc1C(=O)O. The van der Waals surface area contributed by atoms with Crippen LogP contribution in [0.1, 0.15) is 28.4 Å². The maximum Gasteiger partial charge on any atom is 0.339 e. The van der Waals surface area contributed by atoms with Crippen molar-refractivity contribution in [1.82, 2.24) is 0 Å². The normalized spacial score (nSPS) is 14.0. The molecular weight excluding hydrogens is 304 g/mol. The quantitative estimate of drug-likeness (QED) is 0.693. The molecule has 6 heteroatoms. The summed E-state index contributed by atoms with van der Waals surface area (Å²) in [6.45, 7) is 0. The van der Waals surface area contributed by atoms with Crippen LogP contribution in [0.2, 0.25) is 0 Å². The number of aliphatic hydroxyl groups excluding tert-OH is 2. The Labute approximate surface area is 113 Å². The standard InChI is InChI=1S/C12H15BrO5/c1-18-10-3-2-7(6-8(10)12(16)17)11(15)9(14)4-5-13/h2-3,6,9,11,14-15H,4-5H2,1H3,(H,16,17). The van der Waals surface area contributed by atoms with E-state index in [4.69, 9.17) is 9.84 Å². The van der Waals surface area contributed by atoms with Crippen LogP contribution in [-0.2, 0) is 0 Å². The number of ether oxygens (including phenoxy) is 1. The van der Waals surface area contributed by atoms with Gasteiger partial charge in [0.25, 0.3) is 0 Å². The number of alkyl halides is 1. The molecule has 2 unspecified atom stereocenters. The summed E-state index contributed by atoms with van der Waals surface area (Å²) in [5, 5.41) is 29.1. The molecule has 0 radical (unpaired) electrons. The lowest BCUT2D eigenvalue weighted by Gasteiger charge is -2.18. The van der Waals surface area contributed by atoms with Gasteiger partial charge in [-0.1, -0.05) is 22.0 Å². The summed E-state index contributed by atoms with van der Waals surface area (Å²) < 4.78 is 4.92. The van der Waals surface area contributed by atoms with Crippen LogP contribution >= 0.6 is 15.9 Å². The van der Waals surface area contributed by atoms with Crippen LogP contribution in [0.3, 0.4) is 0 Å². The zero-order chi connectivity index (χ0) is 13.7. The van der Waals surface area contributed by atoms with Gasteiger partial charge in [0.15, 0.2) is 0 Å². The van der Waals surface area contributed by atoms with Crippen molar-refractivity contribution in [2.24, 2.45) is 0 Å². The fourth-order valence-corrected chi connectivity index (χ4v) is 2.04. The third-order valence-electron chi connectivity index (χ3n) is 2.56. The molecule has 1 aromatic rings. The van der Waals surface area contributed by atoms with E-state index in [2.05, 4.69) is 15.9 Å². The maximum absolute atomic E-state index is 11.0. The van der Waals surface area contributed by atoms with Crippen LogP contribution in [0.25, 0.3) is 0 Å². The molecule has 0 spiro atoms. The van der Waals surface area contributed by atoms with Gasteiger partial charge in [0.2, 0.25) is 0 Å². The molecular formula is C12H15BrO5. The third kappa shape index (κ3) is 3.44. The summed E-state index contributed by atoms with van der Waals surface area (Å²) in [7, 11) is 1.37. The van der Waals surface area contributed by atoms with Gasteiger partial charge in [0, 0.05) is 5.33 Å². The van der Waals surface area contributed by atoms with Gasteiger partial charge in [-0.2, -0.15) is 0 Å². The zero-order valence-electron chi connectivity index (χ0n) is 9.84. The molecule has 1 aromatic carbocycles. The predicted molar refractivity (Wildman–Crippen MR) is 69.3 cm³/mol. The second kappa shape index (κ2) is 6.72. The Morgan fingerprint density at radius 1 is 1.44 bits per heavy atom. The van der Waals surface area contributed by atoms with Crippen molar-refractivity contribution in [2.75, 3.05) is 12.4 Å². The molecule has 0 saturated carbocycles. The van der Waals surface area contributed by atoms with E-state index in [1.807, 2.05) is 0 Å². The van der Waals surface area contributed by atoms with E-state index >= 15 is 0 Å². The van der Waals surface area contributed by atoms with E-state index in [9.17, 15) is 15.0 Å². The van der Waals surface area contributed by atoms with E-state index in [1.165, 1.54) is 25.3 Å². The molecule has 0 amide bonds. The van der Waals surface area contributed by atoms with Gasteiger partial charge in [-0.3, -0.25) is 0 Å². The molecule has 0 aliphatic rings. The third-order valence-corrected chi connectivity index (χ3v) is 3.02. The maximum atomic E-state index is 11.0. The van der Waals surface area contributed by atoms with Gasteiger partial charge in [-0.25, -0.2) is 4.79 Å². The Morgan fingerprint density at radius 3 is 2.61 bits per heavy atom. The van der Waals surface area contributed by atoms with Crippen LogP contribution in [0.15, 0.2) is 18.2 Å². The Balaban J connectivity index is 3.04. The van der Waals surface area contributed by atoms with Crippen molar-refractivity contribution >= 4 is 21.9 Å².